The van der Waals surface area contributed by atoms with E-state index in [1.54, 1.807) is 4.90 Å². The Morgan fingerprint density at radius 3 is 2.78 bits per heavy atom. The number of carbonyl (C=O) groups excluding carboxylic acids is 1. The summed E-state index contributed by atoms with van der Waals surface area (Å²) in [5, 5.41) is 18.2. The van der Waals surface area contributed by atoms with Crippen molar-refractivity contribution in [3.63, 3.8) is 0 Å². The standard InChI is InChI=1S/C33H41N9O3/c1-4-29(43)42-12-11-40(19-24(42)5-9-34)31-25-6-10-39(30-23(3)22(2)17-27-26(30)18-35-38-27)20-28(25)36-32(37-31)45-21-33(7-8-33)41-13-15-44-16-14-41/h4,17-18,24H,1,5-8,10-16,19-21H2,2-3H3,(H,35,38)/t24-/m0/s1. The first-order valence-corrected chi connectivity index (χ1v) is 16.0. The highest BCUT2D eigenvalue weighted by molar-refractivity contribution is 5.94. The second-order valence-electron chi connectivity index (χ2n) is 12.7. The molecule has 12 heteroatoms. The maximum atomic E-state index is 12.6. The van der Waals surface area contributed by atoms with E-state index in [2.05, 4.69) is 57.5 Å². The van der Waals surface area contributed by atoms with Crippen molar-refractivity contribution in [1.82, 2.24) is 30.0 Å². The molecule has 0 spiro atoms. The lowest BCUT2D eigenvalue weighted by molar-refractivity contribution is -0.128. The number of amides is 1. The van der Waals surface area contributed by atoms with Gasteiger partial charge >= 0.3 is 6.01 Å². The molecule has 1 N–H and O–H groups in total. The Morgan fingerprint density at radius 2 is 2.02 bits per heavy atom. The fourth-order valence-electron chi connectivity index (χ4n) is 7.29. The Kier molecular flexibility index (Phi) is 7.83. The summed E-state index contributed by atoms with van der Waals surface area (Å²) in [4.78, 5) is 31.6. The maximum absolute atomic E-state index is 12.6. The first-order valence-electron chi connectivity index (χ1n) is 16.0. The fourth-order valence-corrected chi connectivity index (χ4v) is 7.29. The quantitative estimate of drug-likeness (QED) is 0.380. The number of morpholine rings is 1. The molecule has 1 atom stereocenters. The average Bonchev–Trinajstić information content (AvgIpc) is 3.73. The molecule has 4 aliphatic rings. The van der Waals surface area contributed by atoms with Crippen molar-refractivity contribution in [3.05, 3.63) is 47.3 Å². The monoisotopic (exact) mass is 611 g/mol. The molecule has 45 heavy (non-hydrogen) atoms. The van der Waals surface area contributed by atoms with Gasteiger partial charge in [-0.3, -0.25) is 14.8 Å². The van der Waals surface area contributed by atoms with Crippen LogP contribution in [0.15, 0.2) is 24.9 Å². The minimum absolute atomic E-state index is 0.0232. The van der Waals surface area contributed by atoms with Crippen molar-refractivity contribution >= 4 is 28.3 Å². The van der Waals surface area contributed by atoms with Gasteiger partial charge in [-0.15, -0.1) is 0 Å². The molecule has 3 fully saturated rings. The van der Waals surface area contributed by atoms with Crippen molar-refractivity contribution in [2.75, 3.05) is 68.9 Å². The van der Waals surface area contributed by atoms with Crippen LogP contribution < -0.4 is 14.5 Å². The summed E-state index contributed by atoms with van der Waals surface area (Å²) < 4.78 is 12.1. The molecule has 236 valence electrons. The molecular formula is C33H41N9O3. The van der Waals surface area contributed by atoms with Crippen LogP contribution in [-0.4, -0.2) is 107 Å². The molecule has 5 heterocycles. The van der Waals surface area contributed by atoms with Gasteiger partial charge < -0.3 is 24.2 Å². The van der Waals surface area contributed by atoms with Gasteiger partial charge in [0.2, 0.25) is 5.91 Å². The Balaban J connectivity index is 1.22. The smallest absolute Gasteiger partial charge is 0.318 e. The Bertz CT molecular complexity index is 1650. The van der Waals surface area contributed by atoms with Gasteiger partial charge in [0.15, 0.2) is 0 Å². The number of benzene rings is 1. The number of carbonyl (C=O) groups is 1. The number of H-pyrrole nitrogens is 1. The Morgan fingerprint density at radius 1 is 1.20 bits per heavy atom. The highest BCUT2D eigenvalue weighted by atomic mass is 16.5. The fraction of sp³-hybridized carbons (Fsp3) is 0.545. The summed E-state index contributed by atoms with van der Waals surface area (Å²) in [5.74, 6) is 0.713. The maximum Gasteiger partial charge on any atom is 0.318 e. The third kappa shape index (κ3) is 5.48. The zero-order valence-electron chi connectivity index (χ0n) is 26.2. The minimum Gasteiger partial charge on any atom is -0.461 e. The number of aromatic amines is 1. The number of anilines is 2. The summed E-state index contributed by atoms with van der Waals surface area (Å²) >= 11 is 0. The third-order valence-electron chi connectivity index (χ3n) is 10.1. The number of hydrogen-bond donors (Lipinski definition) is 1. The lowest BCUT2D eigenvalue weighted by Gasteiger charge is -2.42. The zero-order valence-corrected chi connectivity index (χ0v) is 26.2. The molecule has 3 aromatic rings. The van der Waals surface area contributed by atoms with E-state index < -0.39 is 0 Å². The Labute approximate surface area is 263 Å². The molecule has 7 rings (SSSR count). The van der Waals surface area contributed by atoms with Crippen LogP contribution >= 0.6 is 0 Å². The summed E-state index contributed by atoms with van der Waals surface area (Å²) in [7, 11) is 0. The molecular weight excluding hydrogens is 570 g/mol. The van der Waals surface area contributed by atoms with Gasteiger partial charge in [0.05, 0.1) is 66.9 Å². The van der Waals surface area contributed by atoms with Gasteiger partial charge in [0.1, 0.15) is 12.4 Å². The second-order valence-corrected chi connectivity index (χ2v) is 12.7. The second kappa shape index (κ2) is 11.9. The molecule has 0 bridgehead atoms. The number of hydrogen-bond acceptors (Lipinski definition) is 10. The number of rotatable bonds is 8. The number of piperazine rings is 1. The van der Waals surface area contributed by atoms with E-state index in [0.29, 0.717) is 38.8 Å². The summed E-state index contributed by atoms with van der Waals surface area (Å²) in [6.07, 6.45) is 6.45. The van der Waals surface area contributed by atoms with Crippen LogP contribution in [0.5, 0.6) is 6.01 Å². The van der Waals surface area contributed by atoms with E-state index in [4.69, 9.17) is 19.4 Å². The highest BCUT2D eigenvalue weighted by Crippen LogP contribution is 2.43. The minimum atomic E-state index is -0.246. The molecule has 1 aliphatic carbocycles. The van der Waals surface area contributed by atoms with Crippen LogP contribution in [0.3, 0.4) is 0 Å². The summed E-state index contributed by atoms with van der Waals surface area (Å²) in [6.45, 7) is 14.9. The molecule has 0 radical (unpaired) electrons. The van der Waals surface area contributed by atoms with Crippen molar-refractivity contribution in [3.8, 4) is 12.1 Å². The number of nitriles is 1. The van der Waals surface area contributed by atoms with Gasteiger partial charge in [-0.2, -0.15) is 20.3 Å². The van der Waals surface area contributed by atoms with Gasteiger partial charge in [-0.05, 0) is 56.4 Å². The lowest BCUT2D eigenvalue weighted by Crippen LogP contribution is -2.55. The van der Waals surface area contributed by atoms with E-state index >= 15 is 0 Å². The van der Waals surface area contributed by atoms with E-state index in [9.17, 15) is 10.1 Å². The van der Waals surface area contributed by atoms with Gasteiger partial charge in [0, 0.05) is 50.2 Å². The van der Waals surface area contributed by atoms with Gasteiger partial charge in [-0.1, -0.05) is 6.58 Å². The number of nitrogens with one attached hydrogen (secondary N) is 1. The highest BCUT2D eigenvalue weighted by Gasteiger charge is 2.49. The molecule has 3 aliphatic heterocycles. The van der Waals surface area contributed by atoms with Crippen LogP contribution in [0.25, 0.3) is 10.9 Å². The molecule has 2 aromatic heterocycles. The normalized spacial score (nSPS) is 21.4. The lowest BCUT2D eigenvalue weighted by atomic mass is 9.99. The number of ether oxygens (including phenoxy) is 2. The number of fused-ring (bicyclic) bond motifs is 2. The molecule has 1 aromatic carbocycles. The van der Waals surface area contributed by atoms with Gasteiger partial charge in [-0.25, -0.2) is 0 Å². The molecule has 2 saturated heterocycles. The Hall–Kier alpha value is -4.21. The van der Waals surface area contributed by atoms with Crippen molar-refractivity contribution < 1.29 is 14.3 Å². The van der Waals surface area contributed by atoms with E-state index in [1.807, 2.05) is 6.20 Å². The van der Waals surface area contributed by atoms with E-state index in [-0.39, 0.29) is 23.9 Å². The molecule has 0 unspecified atom stereocenters. The van der Waals surface area contributed by atoms with E-state index in [1.165, 1.54) is 22.9 Å². The molecule has 1 amide bonds. The van der Waals surface area contributed by atoms with Crippen molar-refractivity contribution in [1.29, 1.82) is 5.26 Å². The number of aromatic nitrogens is 4. The summed E-state index contributed by atoms with van der Waals surface area (Å²) in [5.41, 5.74) is 6.75. The van der Waals surface area contributed by atoms with Crippen LogP contribution in [-0.2, 0) is 22.5 Å². The van der Waals surface area contributed by atoms with Crippen LogP contribution in [0, 0.1) is 25.2 Å². The van der Waals surface area contributed by atoms with Crippen LogP contribution in [0.4, 0.5) is 11.5 Å². The SMILES string of the molecule is C=CC(=O)N1CCN(c2nc(OCC3(N4CCOCC4)CC3)nc3c2CCN(c2c(C)c(C)cc4[nH]ncc24)C3)C[C@@H]1CC#N. The van der Waals surface area contributed by atoms with Crippen molar-refractivity contribution in [2.45, 2.75) is 57.7 Å². The first-order chi connectivity index (χ1) is 21.9. The van der Waals surface area contributed by atoms with Crippen LogP contribution in [0.2, 0.25) is 0 Å². The predicted molar refractivity (Wildman–Crippen MR) is 170 cm³/mol. The van der Waals surface area contributed by atoms with Crippen LogP contribution in [0.1, 0.15) is 41.6 Å². The molecule has 12 nitrogen and oxygen atoms in total. The molecule has 1 saturated carbocycles. The number of aryl methyl sites for hydroxylation is 1. The number of nitrogens with zero attached hydrogens (tertiary/aromatic N) is 8. The topological polar surface area (TPSA) is 127 Å². The zero-order chi connectivity index (χ0) is 31.1. The largest absolute Gasteiger partial charge is 0.461 e. The predicted octanol–water partition coefficient (Wildman–Crippen LogP) is 2.89. The van der Waals surface area contributed by atoms with Gasteiger partial charge in [0.25, 0.3) is 0 Å². The summed E-state index contributed by atoms with van der Waals surface area (Å²) in [6, 6.07) is 4.57. The van der Waals surface area contributed by atoms with E-state index in [0.717, 1.165) is 80.1 Å². The van der Waals surface area contributed by atoms with Crippen molar-refractivity contribution in [2.24, 2.45) is 0 Å². The third-order valence-corrected chi connectivity index (χ3v) is 10.1. The average molecular weight is 612 g/mol. The first kappa shape index (κ1) is 29.5.